The van der Waals surface area contributed by atoms with Crippen molar-refractivity contribution in [1.82, 2.24) is 10.2 Å². The number of carbonyl (C=O) groups is 2. The first-order chi connectivity index (χ1) is 19.4. The fourth-order valence-corrected chi connectivity index (χ4v) is 5.42. The van der Waals surface area contributed by atoms with Crippen LogP contribution in [0.15, 0.2) is 72.8 Å². The van der Waals surface area contributed by atoms with E-state index in [1.165, 1.54) is 30.2 Å². The first-order valence-electron chi connectivity index (χ1n) is 13.0. The fraction of sp³-hybridized carbons (Fsp3) is 0.333. The first-order valence-corrected chi connectivity index (χ1v) is 15.2. The number of hydrogen-bond acceptors (Lipinski definition) is 6. The van der Waals surface area contributed by atoms with Gasteiger partial charge in [0.1, 0.15) is 24.1 Å². The lowest BCUT2D eigenvalue weighted by Crippen LogP contribution is -2.54. The van der Waals surface area contributed by atoms with E-state index in [0.29, 0.717) is 17.1 Å². The average molecular weight is 602 g/mol. The van der Waals surface area contributed by atoms with Gasteiger partial charge in [-0.3, -0.25) is 13.9 Å². The second kappa shape index (κ2) is 14.2. The van der Waals surface area contributed by atoms with Crippen molar-refractivity contribution >= 4 is 39.1 Å². The van der Waals surface area contributed by atoms with Gasteiger partial charge in [0.15, 0.2) is 0 Å². The maximum atomic E-state index is 14.1. The molecule has 1 N–H and O–H groups in total. The van der Waals surface area contributed by atoms with Gasteiger partial charge in [-0.25, -0.2) is 8.42 Å². The minimum absolute atomic E-state index is 0.0417. The van der Waals surface area contributed by atoms with Gasteiger partial charge in [0.25, 0.3) is 0 Å². The number of nitrogens with one attached hydrogen (secondary N) is 1. The van der Waals surface area contributed by atoms with Crippen LogP contribution in [0, 0.1) is 0 Å². The third-order valence-corrected chi connectivity index (χ3v) is 7.73. The number of rotatable bonds is 13. The summed E-state index contributed by atoms with van der Waals surface area (Å²) in [6.45, 7) is 3.17. The zero-order valence-corrected chi connectivity index (χ0v) is 25.4. The Balaban J connectivity index is 2.08. The molecule has 2 amide bonds. The summed E-state index contributed by atoms with van der Waals surface area (Å²) in [5.74, 6) is 0.0402. The van der Waals surface area contributed by atoms with Crippen LogP contribution in [0.4, 0.5) is 5.69 Å². The van der Waals surface area contributed by atoms with Crippen molar-refractivity contribution in [2.24, 2.45) is 0 Å². The molecular weight excluding hydrogens is 566 g/mol. The summed E-state index contributed by atoms with van der Waals surface area (Å²) in [7, 11) is -0.934. The van der Waals surface area contributed by atoms with Gasteiger partial charge in [-0.15, -0.1) is 0 Å². The van der Waals surface area contributed by atoms with E-state index in [4.69, 9.17) is 21.1 Å². The third-order valence-electron chi connectivity index (χ3n) is 6.29. The number of nitrogens with zero attached hydrogens (tertiary/aromatic N) is 2. The number of anilines is 1. The zero-order valence-electron chi connectivity index (χ0n) is 23.8. The Morgan fingerprint density at radius 2 is 1.61 bits per heavy atom. The summed E-state index contributed by atoms with van der Waals surface area (Å²) in [6.07, 6.45) is 1.24. The van der Waals surface area contributed by atoms with Crippen LogP contribution in [-0.4, -0.2) is 64.2 Å². The van der Waals surface area contributed by atoms with Gasteiger partial charge in [0.2, 0.25) is 21.8 Å². The monoisotopic (exact) mass is 601 g/mol. The molecule has 1 unspecified atom stereocenters. The van der Waals surface area contributed by atoms with Gasteiger partial charge < -0.3 is 19.7 Å². The molecule has 0 aromatic heterocycles. The summed E-state index contributed by atoms with van der Waals surface area (Å²) in [5.41, 5.74) is 1.76. The van der Waals surface area contributed by atoms with Gasteiger partial charge in [-0.05, 0) is 55.3 Å². The summed E-state index contributed by atoms with van der Waals surface area (Å²) < 4.78 is 37.4. The molecule has 0 aliphatic carbocycles. The van der Waals surface area contributed by atoms with Crippen LogP contribution in [0.25, 0.3) is 0 Å². The van der Waals surface area contributed by atoms with Gasteiger partial charge in [0.05, 0.1) is 31.2 Å². The molecule has 3 aromatic rings. The predicted octanol–water partition coefficient (Wildman–Crippen LogP) is 4.29. The lowest BCUT2D eigenvalue weighted by atomic mass is 10.0. The molecular formula is C30H36ClN3O6S. The van der Waals surface area contributed by atoms with E-state index in [1.54, 1.807) is 25.3 Å². The van der Waals surface area contributed by atoms with Crippen molar-refractivity contribution < 1.29 is 27.5 Å². The highest BCUT2D eigenvalue weighted by molar-refractivity contribution is 7.92. The van der Waals surface area contributed by atoms with Crippen molar-refractivity contribution in [3.05, 3.63) is 88.9 Å². The number of amides is 2. The van der Waals surface area contributed by atoms with E-state index in [1.807, 2.05) is 50.2 Å². The average Bonchev–Trinajstić information content (AvgIpc) is 2.93. The standard InChI is InChI=1S/C30H36ClN3O6S/c1-21(2)32-30(36)27(17-22-10-7-6-8-11-22)33(19-23-12-9-13-25(16-23)39-3)29(35)20-34(41(5,37)38)24-14-15-28(40-4)26(31)18-24/h6-16,18,21,27H,17,19-20H2,1-5H3,(H,32,36). The van der Waals surface area contributed by atoms with Crippen molar-refractivity contribution in [2.75, 3.05) is 31.3 Å². The Bertz CT molecular complexity index is 1450. The smallest absolute Gasteiger partial charge is 0.244 e. The van der Waals surface area contributed by atoms with E-state index in [0.717, 1.165) is 16.1 Å². The highest BCUT2D eigenvalue weighted by Crippen LogP contribution is 2.30. The van der Waals surface area contributed by atoms with Gasteiger partial charge in [0, 0.05) is 19.0 Å². The lowest BCUT2D eigenvalue weighted by molar-refractivity contribution is -0.140. The summed E-state index contributed by atoms with van der Waals surface area (Å²) >= 11 is 6.28. The maximum Gasteiger partial charge on any atom is 0.244 e. The molecule has 0 saturated heterocycles. The van der Waals surface area contributed by atoms with Gasteiger partial charge in [-0.2, -0.15) is 0 Å². The second-order valence-corrected chi connectivity index (χ2v) is 12.1. The highest BCUT2D eigenvalue weighted by atomic mass is 35.5. The SMILES string of the molecule is COc1cccc(CN(C(=O)CN(c2ccc(OC)c(Cl)c2)S(C)(=O)=O)C(Cc2ccccc2)C(=O)NC(C)C)c1. The lowest BCUT2D eigenvalue weighted by Gasteiger charge is -2.34. The van der Waals surface area contributed by atoms with Crippen LogP contribution in [0.1, 0.15) is 25.0 Å². The molecule has 41 heavy (non-hydrogen) atoms. The molecule has 0 spiro atoms. The summed E-state index contributed by atoms with van der Waals surface area (Å²) in [4.78, 5) is 29.1. The number of sulfonamides is 1. The number of benzene rings is 3. The van der Waals surface area contributed by atoms with Crippen molar-refractivity contribution in [3.8, 4) is 11.5 Å². The summed E-state index contributed by atoms with van der Waals surface area (Å²) in [6, 6.07) is 19.9. The normalized spacial score (nSPS) is 12.0. The van der Waals surface area contributed by atoms with Crippen LogP contribution in [0.3, 0.4) is 0 Å². The molecule has 0 saturated carbocycles. The largest absolute Gasteiger partial charge is 0.497 e. The first kappa shape index (κ1) is 31.8. The number of hydrogen-bond donors (Lipinski definition) is 1. The topological polar surface area (TPSA) is 105 Å². The molecule has 0 heterocycles. The Morgan fingerprint density at radius 1 is 0.927 bits per heavy atom. The van der Waals surface area contributed by atoms with Crippen LogP contribution in [0.5, 0.6) is 11.5 Å². The third kappa shape index (κ3) is 8.86. The molecule has 3 rings (SSSR count). The van der Waals surface area contributed by atoms with Gasteiger partial charge >= 0.3 is 0 Å². The van der Waals surface area contributed by atoms with E-state index in [-0.39, 0.29) is 35.6 Å². The quantitative estimate of drug-likeness (QED) is 0.313. The van der Waals surface area contributed by atoms with Crippen molar-refractivity contribution in [2.45, 2.75) is 38.9 Å². The van der Waals surface area contributed by atoms with Crippen LogP contribution in [-0.2, 0) is 32.6 Å². The minimum Gasteiger partial charge on any atom is -0.497 e. The van der Waals surface area contributed by atoms with E-state index < -0.39 is 28.5 Å². The predicted molar refractivity (Wildman–Crippen MR) is 161 cm³/mol. The van der Waals surface area contributed by atoms with E-state index >= 15 is 0 Å². The maximum absolute atomic E-state index is 14.1. The molecule has 1 atom stereocenters. The number of ether oxygens (including phenoxy) is 2. The van der Waals surface area contributed by atoms with E-state index in [9.17, 15) is 18.0 Å². The molecule has 220 valence electrons. The second-order valence-electron chi connectivity index (χ2n) is 9.83. The number of methoxy groups -OCH3 is 2. The Hall–Kier alpha value is -3.76. The van der Waals surface area contributed by atoms with E-state index in [2.05, 4.69) is 5.32 Å². The zero-order chi connectivity index (χ0) is 30.2. The van der Waals surface area contributed by atoms with Crippen molar-refractivity contribution in [3.63, 3.8) is 0 Å². The van der Waals surface area contributed by atoms with Crippen LogP contribution < -0.4 is 19.1 Å². The Kier molecular flexibility index (Phi) is 11.0. The fourth-order valence-electron chi connectivity index (χ4n) is 4.33. The Labute approximate surface area is 247 Å². The molecule has 0 bridgehead atoms. The number of carbonyl (C=O) groups excluding carboxylic acids is 2. The minimum atomic E-state index is -3.92. The highest BCUT2D eigenvalue weighted by Gasteiger charge is 2.33. The van der Waals surface area contributed by atoms with Crippen molar-refractivity contribution in [1.29, 1.82) is 0 Å². The molecule has 0 fully saturated rings. The van der Waals surface area contributed by atoms with Crippen LogP contribution in [0.2, 0.25) is 5.02 Å². The number of halogens is 1. The molecule has 3 aromatic carbocycles. The van der Waals surface area contributed by atoms with Gasteiger partial charge in [-0.1, -0.05) is 54.1 Å². The summed E-state index contributed by atoms with van der Waals surface area (Å²) in [5, 5.41) is 3.11. The Morgan fingerprint density at radius 3 is 2.20 bits per heavy atom. The molecule has 0 radical (unpaired) electrons. The molecule has 9 nitrogen and oxygen atoms in total. The van der Waals surface area contributed by atoms with Crippen LogP contribution >= 0.6 is 11.6 Å². The molecule has 0 aliphatic heterocycles. The molecule has 11 heteroatoms. The molecule has 0 aliphatic rings.